The van der Waals surface area contributed by atoms with Gasteiger partial charge in [-0.3, -0.25) is 4.99 Å². The highest BCUT2D eigenvalue weighted by Crippen LogP contribution is 2.48. The molecule has 0 amide bonds. The van der Waals surface area contributed by atoms with Crippen LogP contribution in [0.2, 0.25) is 0 Å². The molecule has 1 aliphatic heterocycles. The summed E-state index contributed by atoms with van der Waals surface area (Å²) in [7, 11) is -1.06. The van der Waals surface area contributed by atoms with Crippen molar-refractivity contribution in [1.82, 2.24) is 10.6 Å². The molecule has 0 spiro atoms. The van der Waals surface area contributed by atoms with Crippen molar-refractivity contribution in [2.24, 2.45) is 16.3 Å². The van der Waals surface area contributed by atoms with E-state index in [0.29, 0.717) is 30.2 Å². The van der Waals surface area contributed by atoms with Crippen molar-refractivity contribution in [2.75, 3.05) is 31.7 Å². The lowest BCUT2D eigenvalue weighted by Crippen LogP contribution is -2.65. The van der Waals surface area contributed by atoms with Crippen molar-refractivity contribution in [3.05, 3.63) is 0 Å². The number of sulfone groups is 1. The van der Waals surface area contributed by atoms with Gasteiger partial charge in [-0.25, -0.2) is 8.42 Å². The molecule has 6 nitrogen and oxygen atoms in total. The van der Waals surface area contributed by atoms with Crippen LogP contribution in [0.1, 0.15) is 46.5 Å². The molecule has 2 N–H and O–H groups in total. The van der Waals surface area contributed by atoms with Gasteiger partial charge in [0.1, 0.15) is 0 Å². The predicted octanol–water partition coefficient (Wildman–Crippen LogP) is 1.57. The van der Waals surface area contributed by atoms with E-state index in [1.807, 2.05) is 6.92 Å². The second-order valence-corrected chi connectivity index (χ2v) is 9.27. The van der Waals surface area contributed by atoms with Gasteiger partial charge in [0.15, 0.2) is 15.8 Å². The van der Waals surface area contributed by atoms with Gasteiger partial charge in [0, 0.05) is 31.7 Å². The Balaban J connectivity index is 1.89. The van der Waals surface area contributed by atoms with Gasteiger partial charge in [-0.1, -0.05) is 13.8 Å². The molecular weight excluding hydrogens is 326 g/mol. The molecule has 0 radical (unpaired) electrons. The number of aliphatic imine (C=N–C) groups is 1. The van der Waals surface area contributed by atoms with Gasteiger partial charge < -0.3 is 15.4 Å². The third-order valence-corrected chi connectivity index (χ3v) is 7.73. The summed E-state index contributed by atoms with van der Waals surface area (Å²) in [6, 6.07) is 0.350. The molecule has 24 heavy (non-hydrogen) atoms. The van der Waals surface area contributed by atoms with Gasteiger partial charge in [-0.15, -0.1) is 0 Å². The summed E-state index contributed by atoms with van der Waals surface area (Å²) in [5, 5.41) is 6.85. The molecule has 0 aromatic heterocycles. The van der Waals surface area contributed by atoms with E-state index in [1.165, 1.54) is 0 Å². The second kappa shape index (κ2) is 8.04. The monoisotopic (exact) mass is 359 g/mol. The normalized spacial score (nSPS) is 31.5. The zero-order valence-electron chi connectivity index (χ0n) is 15.5. The van der Waals surface area contributed by atoms with Crippen molar-refractivity contribution in [2.45, 2.75) is 58.6 Å². The van der Waals surface area contributed by atoms with Crippen LogP contribution in [0.15, 0.2) is 4.99 Å². The van der Waals surface area contributed by atoms with Crippen LogP contribution < -0.4 is 10.6 Å². The lowest BCUT2D eigenvalue weighted by molar-refractivity contribution is -0.133. The van der Waals surface area contributed by atoms with Crippen LogP contribution in [0.4, 0.5) is 0 Å². The standard InChI is InChI=1S/C17H33N3O3S/c1-5-17(6-2)14(10-15(17)23-7-3)20-16(18-4)19-11-13-8-9-24(21,22)12-13/h13-15H,5-12H2,1-4H3,(H2,18,19,20). The fourth-order valence-corrected chi connectivity index (χ4v) is 6.08. The first-order chi connectivity index (χ1) is 11.4. The third kappa shape index (κ3) is 4.04. The Bertz CT molecular complexity index is 543. The molecule has 1 aliphatic carbocycles. The molecular formula is C17H33N3O3S. The molecule has 2 fully saturated rings. The van der Waals surface area contributed by atoms with Gasteiger partial charge in [0.25, 0.3) is 0 Å². The summed E-state index contributed by atoms with van der Waals surface area (Å²) in [5.41, 5.74) is 0.157. The molecule has 3 unspecified atom stereocenters. The van der Waals surface area contributed by atoms with Gasteiger partial charge in [-0.05, 0) is 38.5 Å². The van der Waals surface area contributed by atoms with E-state index in [9.17, 15) is 8.42 Å². The summed E-state index contributed by atoms with van der Waals surface area (Å²) < 4.78 is 29.0. The van der Waals surface area contributed by atoms with Crippen molar-refractivity contribution in [1.29, 1.82) is 0 Å². The van der Waals surface area contributed by atoms with Crippen LogP contribution in [0.5, 0.6) is 0 Å². The van der Waals surface area contributed by atoms with Gasteiger partial charge in [0.05, 0.1) is 17.6 Å². The number of nitrogens with zero attached hydrogens (tertiary/aromatic N) is 1. The zero-order valence-corrected chi connectivity index (χ0v) is 16.3. The highest BCUT2D eigenvalue weighted by atomic mass is 32.2. The molecule has 0 bridgehead atoms. The molecule has 2 rings (SSSR count). The maximum atomic E-state index is 11.6. The molecule has 7 heteroatoms. The van der Waals surface area contributed by atoms with Crippen molar-refractivity contribution in [3.63, 3.8) is 0 Å². The minimum atomic E-state index is -2.82. The smallest absolute Gasteiger partial charge is 0.191 e. The maximum Gasteiger partial charge on any atom is 0.191 e. The average Bonchev–Trinajstić information content (AvgIpc) is 2.90. The Hall–Kier alpha value is -0.820. The fourth-order valence-electron chi connectivity index (χ4n) is 4.22. The number of nitrogens with one attached hydrogen (secondary N) is 2. The number of hydrogen-bond donors (Lipinski definition) is 2. The molecule has 0 aromatic rings. The Labute approximate surface area is 146 Å². The minimum Gasteiger partial charge on any atom is -0.378 e. The molecule has 1 saturated heterocycles. The summed E-state index contributed by atoms with van der Waals surface area (Å²) in [5.74, 6) is 1.57. The first-order valence-electron chi connectivity index (χ1n) is 9.20. The van der Waals surface area contributed by atoms with E-state index >= 15 is 0 Å². The summed E-state index contributed by atoms with van der Waals surface area (Å²) in [6.07, 6.45) is 4.20. The van der Waals surface area contributed by atoms with Crippen LogP contribution >= 0.6 is 0 Å². The Morgan fingerprint density at radius 3 is 2.50 bits per heavy atom. The van der Waals surface area contributed by atoms with Gasteiger partial charge in [-0.2, -0.15) is 0 Å². The van der Waals surface area contributed by atoms with E-state index in [0.717, 1.165) is 38.2 Å². The lowest BCUT2D eigenvalue weighted by Gasteiger charge is -2.55. The predicted molar refractivity (Wildman–Crippen MR) is 98.1 cm³/mol. The van der Waals surface area contributed by atoms with Gasteiger partial charge in [0.2, 0.25) is 0 Å². The number of rotatable bonds is 7. The summed E-state index contributed by atoms with van der Waals surface area (Å²) >= 11 is 0. The molecule has 1 heterocycles. The Morgan fingerprint density at radius 2 is 2.00 bits per heavy atom. The molecule has 1 saturated carbocycles. The summed E-state index contributed by atoms with van der Waals surface area (Å²) in [4.78, 5) is 4.32. The largest absolute Gasteiger partial charge is 0.378 e. The molecule has 0 aromatic carbocycles. The fraction of sp³-hybridized carbons (Fsp3) is 0.941. The first-order valence-corrected chi connectivity index (χ1v) is 11.0. The highest BCUT2D eigenvalue weighted by molar-refractivity contribution is 7.91. The SMILES string of the molecule is CCOC1CC(NC(=NC)NCC2CCS(=O)(=O)C2)C1(CC)CC. The van der Waals surface area contributed by atoms with Crippen molar-refractivity contribution >= 4 is 15.8 Å². The quantitative estimate of drug-likeness (QED) is 0.533. The average molecular weight is 360 g/mol. The number of guanidine groups is 1. The first kappa shape index (κ1) is 19.5. The lowest BCUT2D eigenvalue weighted by atomic mass is 9.58. The maximum absolute atomic E-state index is 11.6. The Kier molecular flexibility index (Phi) is 6.53. The molecule has 140 valence electrons. The Morgan fingerprint density at radius 1 is 1.29 bits per heavy atom. The van der Waals surface area contributed by atoms with E-state index in [4.69, 9.17) is 4.74 Å². The zero-order chi connectivity index (χ0) is 17.8. The van der Waals surface area contributed by atoms with E-state index in [-0.39, 0.29) is 11.3 Å². The van der Waals surface area contributed by atoms with Crippen LogP contribution in [-0.4, -0.2) is 58.2 Å². The van der Waals surface area contributed by atoms with E-state index in [1.54, 1.807) is 7.05 Å². The number of hydrogen-bond acceptors (Lipinski definition) is 4. The van der Waals surface area contributed by atoms with Crippen LogP contribution in [-0.2, 0) is 14.6 Å². The third-order valence-electron chi connectivity index (χ3n) is 5.89. The second-order valence-electron chi connectivity index (χ2n) is 7.04. The van der Waals surface area contributed by atoms with Crippen LogP contribution in [0.3, 0.4) is 0 Å². The molecule has 3 atom stereocenters. The van der Waals surface area contributed by atoms with Crippen molar-refractivity contribution < 1.29 is 13.2 Å². The van der Waals surface area contributed by atoms with E-state index in [2.05, 4.69) is 29.5 Å². The summed E-state index contributed by atoms with van der Waals surface area (Å²) in [6.45, 7) is 7.91. The molecule has 2 aliphatic rings. The van der Waals surface area contributed by atoms with Crippen molar-refractivity contribution in [3.8, 4) is 0 Å². The minimum absolute atomic E-state index is 0.157. The van der Waals surface area contributed by atoms with Gasteiger partial charge >= 0.3 is 0 Å². The topological polar surface area (TPSA) is 79.8 Å². The van der Waals surface area contributed by atoms with Crippen LogP contribution in [0.25, 0.3) is 0 Å². The van der Waals surface area contributed by atoms with E-state index < -0.39 is 9.84 Å². The van der Waals surface area contributed by atoms with Crippen LogP contribution in [0, 0.1) is 11.3 Å². The highest BCUT2D eigenvalue weighted by Gasteiger charge is 2.53. The number of ether oxygens (including phenoxy) is 1.